The molecular weight excluding hydrogens is 1020 g/mol. The molecule has 0 unspecified atom stereocenters. The van der Waals surface area contributed by atoms with Gasteiger partial charge in [-0.1, -0.05) is 158 Å². The van der Waals surface area contributed by atoms with Gasteiger partial charge in [0.2, 0.25) is 0 Å². The van der Waals surface area contributed by atoms with Gasteiger partial charge in [-0.15, -0.1) is 0 Å². The summed E-state index contributed by atoms with van der Waals surface area (Å²) >= 11 is 0. The average Bonchev–Trinajstić information content (AvgIpc) is 1.72. The predicted octanol–water partition coefficient (Wildman–Crippen LogP) is 21.1. The highest BCUT2D eigenvalue weighted by atomic mass is 15.2. The molecule has 13 aromatic carbocycles. The van der Waals surface area contributed by atoms with Crippen molar-refractivity contribution in [1.82, 2.24) is 17.9 Å². The van der Waals surface area contributed by atoms with Crippen LogP contribution in [0.15, 0.2) is 291 Å². The first kappa shape index (κ1) is 45.4. The Morgan fingerprint density at radius 2 is 0.536 bits per heavy atom. The van der Waals surface area contributed by atoms with E-state index in [1.54, 1.807) is 0 Å². The van der Waals surface area contributed by atoms with Crippen LogP contribution >= 0.6 is 0 Å². The number of para-hydroxylation sites is 8. The van der Waals surface area contributed by atoms with Gasteiger partial charge in [-0.3, -0.25) is 0 Å². The second-order valence-corrected chi connectivity index (χ2v) is 22.4. The maximum absolute atomic E-state index is 2.55. The molecule has 6 nitrogen and oxygen atoms in total. The zero-order chi connectivity index (χ0) is 54.7. The third-order valence-electron chi connectivity index (χ3n) is 18.1. The Labute approximate surface area is 481 Å². The van der Waals surface area contributed by atoms with Crippen molar-refractivity contribution in [2.75, 3.05) is 9.80 Å². The Kier molecular flexibility index (Phi) is 9.24. The second kappa shape index (κ2) is 17.1. The highest BCUT2D eigenvalue weighted by molar-refractivity contribution is 6.32. The van der Waals surface area contributed by atoms with Crippen molar-refractivity contribution in [2.24, 2.45) is 0 Å². The molecule has 6 aromatic heterocycles. The van der Waals surface area contributed by atoms with Crippen LogP contribution in [-0.4, -0.2) is 17.9 Å². The van der Waals surface area contributed by atoms with Crippen molar-refractivity contribution in [3.8, 4) is 11.4 Å². The predicted molar refractivity (Wildman–Crippen MR) is 354 cm³/mol. The first-order valence-electron chi connectivity index (χ1n) is 28.9. The maximum atomic E-state index is 2.55. The molecule has 390 valence electrons. The van der Waals surface area contributed by atoms with Gasteiger partial charge in [-0.2, -0.15) is 0 Å². The molecule has 0 amide bonds. The second-order valence-electron chi connectivity index (χ2n) is 22.4. The van der Waals surface area contributed by atoms with Crippen LogP contribution in [0.2, 0.25) is 0 Å². The van der Waals surface area contributed by atoms with E-state index in [1.165, 1.54) is 120 Å². The molecule has 19 rings (SSSR count). The summed E-state index contributed by atoms with van der Waals surface area (Å²) in [5.41, 5.74) is 21.0. The molecular formula is C78H48N6. The third-order valence-corrected chi connectivity index (χ3v) is 18.1. The molecule has 0 bridgehead atoms. The Bertz CT molecular complexity index is 5490. The van der Waals surface area contributed by atoms with Gasteiger partial charge in [0.1, 0.15) is 0 Å². The van der Waals surface area contributed by atoms with Crippen LogP contribution in [0.3, 0.4) is 0 Å². The monoisotopic (exact) mass is 1070 g/mol. The summed E-state index contributed by atoms with van der Waals surface area (Å²) in [5.74, 6) is 0. The number of anilines is 6. The van der Waals surface area contributed by atoms with Gasteiger partial charge < -0.3 is 27.7 Å². The van der Waals surface area contributed by atoms with Crippen molar-refractivity contribution < 1.29 is 0 Å². The number of nitrogens with zero attached hydrogens (tertiary/aromatic N) is 6. The van der Waals surface area contributed by atoms with Crippen molar-refractivity contribution in [1.29, 1.82) is 0 Å². The summed E-state index contributed by atoms with van der Waals surface area (Å²) in [7, 11) is 0. The smallest absolute Gasteiger partial charge is 0.0641 e. The molecule has 84 heavy (non-hydrogen) atoms. The number of hydrogen-bond acceptors (Lipinski definition) is 2. The number of benzene rings is 13. The lowest BCUT2D eigenvalue weighted by Gasteiger charge is -2.26. The van der Waals surface area contributed by atoms with E-state index in [0.717, 1.165) is 45.5 Å². The Morgan fingerprint density at radius 3 is 0.952 bits per heavy atom. The zero-order valence-corrected chi connectivity index (χ0v) is 45.4. The van der Waals surface area contributed by atoms with E-state index in [2.05, 4.69) is 319 Å². The highest BCUT2D eigenvalue weighted by Crippen LogP contribution is 2.52. The summed E-state index contributed by atoms with van der Waals surface area (Å²) in [4.78, 5) is 4.95. The molecule has 0 radical (unpaired) electrons. The Balaban J connectivity index is 0.840. The largest absolute Gasteiger partial charge is 0.310 e. The minimum Gasteiger partial charge on any atom is -0.310 e. The molecule has 19 aromatic rings. The fourth-order valence-electron chi connectivity index (χ4n) is 14.8. The fourth-order valence-corrected chi connectivity index (χ4v) is 14.8. The lowest BCUT2D eigenvalue weighted by Crippen LogP contribution is -2.10. The average molecular weight is 1070 g/mol. The van der Waals surface area contributed by atoms with Crippen molar-refractivity contribution >= 4 is 154 Å². The highest BCUT2D eigenvalue weighted by Gasteiger charge is 2.29. The molecule has 6 heterocycles. The minimum atomic E-state index is 1.10. The summed E-state index contributed by atoms with van der Waals surface area (Å²) in [6.07, 6.45) is 0. The van der Waals surface area contributed by atoms with Gasteiger partial charge in [0.05, 0.1) is 66.5 Å². The van der Waals surface area contributed by atoms with E-state index >= 15 is 0 Å². The van der Waals surface area contributed by atoms with Crippen molar-refractivity contribution in [3.63, 3.8) is 0 Å². The fraction of sp³-hybridized carbons (Fsp3) is 0. The Morgan fingerprint density at radius 1 is 0.202 bits per heavy atom. The van der Waals surface area contributed by atoms with Crippen molar-refractivity contribution in [2.45, 2.75) is 0 Å². The van der Waals surface area contributed by atoms with Gasteiger partial charge in [0.25, 0.3) is 0 Å². The first-order chi connectivity index (χ1) is 41.7. The van der Waals surface area contributed by atoms with E-state index < -0.39 is 0 Å². The molecule has 0 fully saturated rings. The molecule has 0 saturated heterocycles. The van der Waals surface area contributed by atoms with E-state index in [4.69, 9.17) is 0 Å². The number of rotatable bonds is 8. The van der Waals surface area contributed by atoms with Gasteiger partial charge in [-0.05, 0) is 133 Å². The van der Waals surface area contributed by atoms with E-state index in [0.29, 0.717) is 0 Å². The summed E-state index contributed by atoms with van der Waals surface area (Å²) in [5, 5.41) is 14.8. The molecule has 0 aliphatic carbocycles. The van der Waals surface area contributed by atoms with Crippen LogP contribution in [0.1, 0.15) is 0 Å². The Hall–Kier alpha value is -11.3. The van der Waals surface area contributed by atoms with Gasteiger partial charge in [-0.25, -0.2) is 0 Å². The molecule has 0 aliphatic rings. The molecule has 0 spiro atoms. The van der Waals surface area contributed by atoms with Gasteiger partial charge in [0, 0.05) is 98.8 Å². The topological polar surface area (TPSA) is 25.2 Å². The summed E-state index contributed by atoms with van der Waals surface area (Å²) < 4.78 is 9.90. The standard InChI is InChI=1S/C78H48N6/c1-5-21-49(22-6-1)79(53-37-41-69-61(45-53)55-29-13-17-33-65(55)81(69)51-25-9-3-10-26-51)71-43-39-57-63-47-74-64(48-73(63)83-67-35-19-15-31-59(67)75(71)77(57)83)58-40-44-72(76-60-32-16-20-36-68(60)84(74)78(58)76)80(50-23-7-2-8-24-50)54-38-42-70-62(46-54)56-30-14-18-34-66(56)82(70)52-27-11-4-12-28-52/h1-48H. The number of hydrogen-bond donors (Lipinski definition) is 0. The lowest BCUT2D eigenvalue weighted by atomic mass is 10.0. The SMILES string of the molecule is c1ccc(N(c2ccc3c(c2)c2ccccc2n3-c2ccccc2)c2ccc3c4cc5c(cc4n4c6ccccc6c2c34)c2ccc(N(c3ccccc3)c3ccc4c(c3)c3ccccc3n4-c3ccccc3)c3c4ccccc4n5c23)cc1. The van der Waals surface area contributed by atoms with Crippen LogP contribution in [0, 0.1) is 0 Å². The van der Waals surface area contributed by atoms with Crippen LogP contribution < -0.4 is 9.80 Å². The van der Waals surface area contributed by atoms with Crippen LogP contribution in [-0.2, 0) is 0 Å². The maximum Gasteiger partial charge on any atom is 0.0641 e. The molecule has 0 N–H and O–H groups in total. The minimum absolute atomic E-state index is 1.10. The van der Waals surface area contributed by atoms with Gasteiger partial charge >= 0.3 is 0 Å². The van der Waals surface area contributed by atoms with E-state index in [1.807, 2.05) is 0 Å². The summed E-state index contributed by atoms with van der Waals surface area (Å²) in [6.45, 7) is 0. The molecule has 0 saturated carbocycles. The molecule has 0 aliphatic heterocycles. The van der Waals surface area contributed by atoms with Crippen LogP contribution in [0.25, 0.3) is 131 Å². The number of aromatic nitrogens is 4. The lowest BCUT2D eigenvalue weighted by molar-refractivity contribution is 1.18. The first-order valence-corrected chi connectivity index (χ1v) is 28.9. The van der Waals surface area contributed by atoms with Crippen LogP contribution in [0.5, 0.6) is 0 Å². The summed E-state index contributed by atoms with van der Waals surface area (Å²) in [6, 6.07) is 107. The molecule has 6 heteroatoms. The normalized spacial score (nSPS) is 12.3. The third kappa shape index (κ3) is 6.12. The zero-order valence-electron chi connectivity index (χ0n) is 45.4. The van der Waals surface area contributed by atoms with E-state index in [-0.39, 0.29) is 0 Å². The van der Waals surface area contributed by atoms with E-state index in [9.17, 15) is 0 Å². The van der Waals surface area contributed by atoms with Gasteiger partial charge in [0.15, 0.2) is 0 Å². The van der Waals surface area contributed by atoms with Crippen molar-refractivity contribution in [3.05, 3.63) is 291 Å². The van der Waals surface area contributed by atoms with Crippen LogP contribution in [0.4, 0.5) is 34.1 Å². The number of fused-ring (bicyclic) bond motifs is 18. The molecule has 0 atom stereocenters. The quantitative estimate of drug-likeness (QED) is 0.152.